The van der Waals surface area contributed by atoms with Gasteiger partial charge in [-0.3, -0.25) is 4.79 Å². The Morgan fingerprint density at radius 1 is 1.00 bits per heavy atom. The summed E-state index contributed by atoms with van der Waals surface area (Å²) in [4.78, 5) is 31.8. The number of likely N-dealkylation sites (tertiary alicyclic amines) is 1. The molecule has 1 saturated heterocycles. The van der Waals surface area contributed by atoms with E-state index in [1.165, 1.54) is 0 Å². The predicted molar refractivity (Wildman–Crippen MR) is 120 cm³/mol. The van der Waals surface area contributed by atoms with Crippen molar-refractivity contribution in [3.8, 4) is 5.75 Å². The lowest BCUT2D eigenvalue weighted by Gasteiger charge is -2.27. The van der Waals surface area contributed by atoms with E-state index in [4.69, 9.17) is 9.57 Å². The summed E-state index contributed by atoms with van der Waals surface area (Å²) >= 11 is 0. The largest absolute Gasteiger partial charge is 0.494 e. The Morgan fingerprint density at radius 3 is 2.29 bits per heavy atom. The lowest BCUT2D eigenvalue weighted by molar-refractivity contribution is -0.126. The molecule has 8 nitrogen and oxygen atoms in total. The number of para-hydroxylation sites is 1. The molecule has 1 fully saturated rings. The molecule has 0 aliphatic carbocycles. The maximum atomic E-state index is 12.3. The maximum absolute atomic E-state index is 12.3. The number of piperidine rings is 1. The second-order valence-corrected chi connectivity index (χ2v) is 7.14. The third-order valence-corrected chi connectivity index (χ3v) is 4.79. The first-order chi connectivity index (χ1) is 15.0. The predicted octanol–water partition coefficient (Wildman–Crippen LogP) is 4.11. The molecule has 1 aliphatic rings. The highest BCUT2D eigenvalue weighted by Crippen LogP contribution is 2.16. The summed E-state index contributed by atoms with van der Waals surface area (Å²) in [7, 11) is 0. The van der Waals surface area contributed by atoms with Gasteiger partial charge in [-0.1, -0.05) is 23.4 Å². The molecular weight excluding hydrogens is 396 g/mol. The Hall–Kier alpha value is -3.55. The molecule has 1 aliphatic heterocycles. The second kappa shape index (κ2) is 11.0. The van der Waals surface area contributed by atoms with E-state index in [0.29, 0.717) is 38.2 Å². The SMILES string of the molecule is CCOc1ccc(NC(=O)C(C)ON=C2CCN(C(=O)Nc3ccccc3)CC2)cc1. The van der Waals surface area contributed by atoms with E-state index in [0.717, 1.165) is 17.1 Å². The molecule has 0 spiro atoms. The van der Waals surface area contributed by atoms with Gasteiger partial charge in [-0.05, 0) is 50.2 Å². The first-order valence-electron chi connectivity index (χ1n) is 10.4. The number of amides is 3. The Balaban J connectivity index is 1.42. The van der Waals surface area contributed by atoms with Crippen LogP contribution in [0.5, 0.6) is 5.75 Å². The highest BCUT2D eigenvalue weighted by Gasteiger charge is 2.21. The van der Waals surface area contributed by atoms with Gasteiger partial charge in [0.05, 0.1) is 12.3 Å². The van der Waals surface area contributed by atoms with Crippen LogP contribution in [0, 0.1) is 0 Å². The van der Waals surface area contributed by atoms with E-state index in [1.807, 2.05) is 37.3 Å². The van der Waals surface area contributed by atoms with Gasteiger partial charge in [0.2, 0.25) is 6.10 Å². The number of hydrogen-bond donors (Lipinski definition) is 2. The van der Waals surface area contributed by atoms with E-state index in [1.54, 1.807) is 36.1 Å². The molecule has 2 aromatic rings. The fourth-order valence-corrected chi connectivity index (χ4v) is 3.03. The monoisotopic (exact) mass is 424 g/mol. The zero-order chi connectivity index (χ0) is 22.1. The normalized spacial score (nSPS) is 14.4. The van der Waals surface area contributed by atoms with Gasteiger partial charge in [0.15, 0.2) is 0 Å². The standard InChI is InChI=1S/C23H28N4O4/c1-3-30-21-11-9-19(10-12-21)24-22(28)17(2)31-26-20-13-15-27(16-14-20)23(29)25-18-7-5-4-6-8-18/h4-12,17H,3,13-16H2,1-2H3,(H,24,28)(H,25,29). The van der Waals surface area contributed by atoms with Gasteiger partial charge in [-0.15, -0.1) is 0 Å². The second-order valence-electron chi connectivity index (χ2n) is 7.14. The number of carbonyl (C=O) groups excluding carboxylic acids is 2. The van der Waals surface area contributed by atoms with Gasteiger partial charge in [0.25, 0.3) is 5.91 Å². The van der Waals surface area contributed by atoms with Gasteiger partial charge in [-0.25, -0.2) is 4.79 Å². The van der Waals surface area contributed by atoms with Crippen LogP contribution in [-0.4, -0.2) is 48.4 Å². The molecule has 1 unspecified atom stereocenters. The van der Waals surface area contributed by atoms with E-state index in [9.17, 15) is 9.59 Å². The number of ether oxygens (including phenoxy) is 1. The number of hydrogen-bond acceptors (Lipinski definition) is 5. The average Bonchev–Trinajstić information content (AvgIpc) is 2.80. The van der Waals surface area contributed by atoms with E-state index in [-0.39, 0.29) is 11.9 Å². The van der Waals surface area contributed by atoms with Crippen molar-refractivity contribution in [2.24, 2.45) is 5.16 Å². The Kier molecular flexibility index (Phi) is 7.86. The first kappa shape index (κ1) is 22.1. The molecule has 1 heterocycles. The molecule has 3 rings (SSSR count). The molecule has 3 amide bonds. The third kappa shape index (κ3) is 6.74. The van der Waals surface area contributed by atoms with Crippen molar-refractivity contribution in [1.82, 2.24) is 4.90 Å². The summed E-state index contributed by atoms with van der Waals surface area (Å²) < 4.78 is 5.39. The maximum Gasteiger partial charge on any atom is 0.321 e. The van der Waals surface area contributed by atoms with Crippen LogP contribution >= 0.6 is 0 Å². The lowest BCUT2D eigenvalue weighted by atomic mass is 10.1. The molecule has 0 saturated carbocycles. The van der Waals surface area contributed by atoms with Crippen LogP contribution in [0.3, 0.4) is 0 Å². The lowest BCUT2D eigenvalue weighted by Crippen LogP contribution is -2.41. The van der Waals surface area contributed by atoms with Crippen molar-refractivity contribution in [1.29, 1.82) is 0 Å². The van der Waals surface area contributed by atoms with Crippen LogP contribution < -0.4 is 15.4 Å². The van der Waals surface area contributed by atoms with Crippen molar-refractivity contribution in [2.45, 2.75) is 32.8 Å². The number of nitrogens with one attached hydrogen (secondary N) is 2. The van der Waals surface area contributed by atoms with Crippen molar-refractivity contribution < 1.29 is 19.2 Å². The number of rotatable bonds is 7. The van der Waals surface area contributed by atoms with Gasteiger partial charge in [0.1, 0.15) is 5.75 Å². The Bertz CT molecular complexity index is 890. The molecule has 2 aromatic carbocycles. The van der Waals surface area contributed by atoms with Gasteiger partial charge in [0, 0.05) is 37.3 Å². The number of nitrogens with zero attached hydrogens (tertiary/aromatic N) is 2. The summed E-state index contributed by atoms with van der Waals surface area (Å²) in [6.45, 7) is 5.25. The quantitative estimate of drug-likeness (QED) is 0.654. The summed E-state index contributed by atoms with van der Waals surface area (Å²) in [5.74, 6) is 0.466. The van der Waals surface area contributed by atoms with Crippen LogP contribution in [-0.2, 0) is 9.63 Å². The zero-order valence-corrected chi connectivity index (χ0v) is 17.8. The van der Waals surface area contributed by atoms with Crippen molar-refractivity contribution in [2.75, 3.05) is 30.3 Å². The fourth-order valence-electron chi connectivity index (χ4n) is 3.03. The number of oxime groups is 1. The van der Waals surface area contributed by atoms with Crippen LogP contribution in [0.1, 0.15) is 26.7 Å². The molecule has 1 atom stereocenters. The highest BCUT2D eigenvalue weighted by molar-refractivity contribution is 5.94. The summed E-state index contributed by atoms with van der Waals surface area (Å²) in [6, 6.07) is 16.4. The average molecular weight is 425 g/mol. The molecule has 31 heavy (non-hydrogen) atoms. The Morgan fingerprint density at radius 2 is 1.65 bits per heavy atom. The van der Waals surface area contributed by atoms with E-state index >= 15 is 0 Å². The van der Waals surface area contributed by atoms with Crippen LogP contribution in [0.2, 0.25) is 0 Å². The van der Waals surface area contributed by atoms with E-state index < -0.39 is 6.10 Å². The fraction of sp³-hybridized carbons (Fsp3) is 0.348. The molecule has 0 bridgehead atoms. The van der Waals surface area contributed by atoms with Gasteiger partial charge >= 0.3 is 6.03 Å². The zero-order valence-electron chi connectivity index (χ0n) is 17.8. The Labute approximate surface area is 182 Å². The molecule has 8 heteroatoms. The summed E-state index contributed by atoms with van der Waals surface area (Å²) in [5, 5.41) is 9.81. The minimum absolute atomic E-state index is 0.130. The van der Waals surface area contributed by atoms with Crippen LogP contribution in [0.4, 0.5) is 16.2 Å². The highest BCUT2D eigenvalue weighted by atomic mass is 16.6. The minimum Gasteiger partial charge on any atom is -0.494 e. The smallest absolute Gasteiger partial charge is 0.321 e. The molecule has 2 N–H and O–H groups in total. The molecule has 0 aromatic heterocycles. The summed E-state index contributed by atoms with van der Waals surface area (Å²) in [5.41, 5.74) is 2.27. The molecule has 0 radical (unpaired) electrons. The van der Waals surface area contributed by atoms with Crippen molar-refractivity contribution in [3.05, 3.63) is 54.6 Å². The minimum atomic E-state index is -0.738. The number of carbonyl (C=O) groups is 2. The number of urea groups is 1. The van der Waals surface area contributed by atoms with E-state index in [2.05, 4.69) is 15.8 Å². The van der Waals surface area contributed by atoms with Crippen molar-refractivity contribution in [3.63, 3.8) is 0 Å². The molecule has 164 valence electrons. The summed E-state index contributed by atoms with van der Waals surface area (Å²) in [6.07, 6.45) is 0.476. The third-order valence-electron chi connectivity index (χ3n) is 4.79. The number of anilines is 2. The van der Waals surface area contributed by atoms with Crippen LogP contribution in [0.15, 0.2) is 59.8 Å². The molecular formula is C23H28N4O4. The van der Waals surface area contributed by atoms with Crippen molar-refractivity contribution >= 4 is 29.0 Å². The van der Waals surface area contributed by atoms with Gasteiger partial charge in [-0.2, -0.15) is 0 Å². The topological polar surface area (TPSA) is 92.3 Å². The number of benzene rings is 2. The first-order valence-corrected chi connectivity index (χ1v) is 10.4. The van der Waals surface area contributed by atoms with Crippen LogP contribution in [0.25, 0.3) is 0 Å². The van der Waals surface area contributed by atoms with Gasteiger partial charge < -0.3 is 25.1 Å².